The lowest BCUT2D eigenvalue weighted by Gasteiger charge is -2.20. The fourth-order valence-corrected chi connectivity index (χ4v) is 7.42. The molecule has 3 N–H and O–H groups in total. The lowest BCUT2D eigenvalue weighted by Crippen LogP contribution is -2.21. The number of hydrogen-bond acceptors (Lipinski definition) is 9. The quantitative estimate of drug-likeness (QED) is 0.0791. The highest BCUT2D eigenvalue weighted by Crippen LogP contribution is 2.36. The SMILES string of the molecule is CCN(CC)c1ccc2cc(-c3oc4ccc(/C=C/c5cc(/C=C/c6ccc(S(=O)(=O)O)cc6)cc(/C=C/c6ccc(S(=O)(=O)O)cc6)c5)cc4c(=O)c3O)oc2c1. The highest BCUT2D eigenvalue weighted by molar-refractivity contribution is 7.86. The molecule has 0 radical (unpaired) electrons. The Morgan fingerprint density at radius 2 is 1.03 bits per heavy atom. The van der Waals surface area contributed by atoms with Crippen LogP contribution in [-0.2, 0) is 20.2 Å². The third kappa shape index (κ3) is 8.88. The summed E-state index contributed by atoms with van der Waals surface area (Å²) in [7, 11) is -8.66. The lowest BCUT2D eigenvalue weighted by molar-refractivity contribution is 0.442. The summed E-state index contributed by atoms with van der Waals surface area (Å²) in [4.78, 5) is 15.3. The van der Waals surface area contributed by atoms with Crippen LogP contribution in [0.3, 0.4) is 0 Å². The van der Waals surface area contributed by atoms with Crippen molar-refractivity contribution in [3.05, 3.63) is 153 Å². The van der Waals surface area contributed by atoms with Crippen molar-refractivity contribution in [3.8, 4) is 17.3 Å². The summed E-state index contributed by atoms with van der Waals surface area (Å²) in [6, 6.07) is 29.9. The van der Waals surface area contributed by atoms with E-state index in [1.807, 2.05) is 60.7 Å². The second-order valence-electron chi connectivity index (χ2n) is 13.4. The van der Waals surface area contributed by atoms with Crippen molar-refractivity contribution in [1.82, 2.24) is 0 Å². The van der Waals surface area contributed by atoms with E-state index in [-0.39, 0.29) is 32.3 Å². The van der Waals surface area contributed by atoms with Crippen LogP contribution < -0.4 is 10.3 Å². The van der Waals surface area contributed by atoms with Gasteiger partial charge < -0.3 is 18.8 Å². The molecule has 2 aromatic heterocycles. The normalized spacial score (nSPS) is 12.5. The maximum Gasteiger partial charge on any atom is 0.294 e. The van der Waals surface area contributed by atoms with Crippen molar-refractivity contribution in [2.24, 2.45) is 0 Å². The Morgan fingerprint density at radius 3 is 1.53 bits per heavy atom. The second kappa shape index (κ2) is 16.2. The molecule has 0 aliphatic heterocycles. The van der Waals surface area contributed by atoms with Gasteiger partial charge in [0, 0.05) is 30.2 Å². The summed E-state index contributed by atoms with van der Waals surface area (Å²) in [6.45, 7) is 5.81. The van der Waals surface area contributed by atoms with Crippen LogP contribution in [0.5, 0.6) is 5.75 Å². The maximum atomic E-state index is 13.5. The van der Waals surface area contributed by atoms with E-state index < -0.39 is 31.4 Å². The van der Waals surface area contributed by atoms with Crippen LogP contribution in [0.2, 0.25) is 0 Å². The average molecular weight is 816 g/mol. The van der Waals surface area contributed by atoms with Gasteiger partial charge in [0.25, 0.3) is 20.2 Å². The van der Waals surface area contributed by atoms with Crippen LogP contribution in [0.4, 0.5) is 5.69 Å². The first-order chi connectivity index (χ1) is 27.7. The Kier molecular flexibility index (Phi) is 11.1. The molecule has 13 heteroatoms. The lowest BCUT2D eigenvalue weighted by atomic mass is 10.0. The molecule has 0 unspecified atom stereocenters. The van der Waals surface area contributed by atoms with E-state index in [2.05, 4.69) is 18.7 Å². The molecule has 0 amide bonds. The van der Waals surface area contributed by atoms with Gasteiger partial charge >= 0.3 is 0 Å². The van der Waals surface area contributed by atoms with Crippen molar-refractivity contribution in [2.45, 2.75) is 23.6 Å². The third-order valence-electron chi connectivity index (χ3n) is 9.51. The van der Waals surface area contributed by atoms with Gasteiger partial charge in [0.05, 0.1) is 15.2 Å². The van der Waals surface area contributed by atoms with Crippen molar-refractivity contribution in [3.63, 3.8) is 0 Å². The molecule has 0 atom stereocenters. The predicted molar refractivity (Wildman–Crippen MR) is 229 cm³/mol. The monoisotopic (exact) mass is 815 g/mol. The molecule has 2 heterocycles. The molecule has 0 aliphatic carbocycles. The molecule has 0 fully saturated rings. The van der Waals surface area contributed by atoms with Gasteiger partial charge in [-0.05, 0) is 120 Å². The Bertz CT molecular complexity index is 2940. The maximum absolute atomic E-state index is 13.5. The van der Waals surface area contributed by atoms with Crippen molar-refractivity contribution >= 4 is 84.3 Å². The fourth-order valence-electron chi connectivity index (χ4n) is 6.46. The number of rotatable bonds is 12. The second-order valence-corrected chi connectivity index (χ2v) is 16.2. The van der Waals surface area contributed by atoms with Crippen molar-refractivity contribution in [1.29, 1.82) is 0 Å². The first-order valence-electron chi connectivity index (χ1n) is 18.1. The smallest absolute Gasteiger partial charge is 0.294 e. The zero-order valence-electron chi connectivity index (χ0n) is 31.2. The molecule has 0 aliphatic rings. The van der Waals surface area contributed by atoms with Crippen LogP contribution in [0, 0.1) is 0 Å². The fraction of sp³-hybridized carbons (Fsp3) is 0.0889. The van der Waals surface area contributed by atoms with E-state index in [0.717, 1.165) is 40.9 Å². The van der Waals surface area contributed by atoms with Crippen molar-refractivity contribution in [2.75, 3.05) is 18.0 Å². The summed E-state index contributed by atoms with van der Waals surface area (Å²) in [5.41, 5.74) is 5.66. The number of hydrogen-bond donors (Lipinski definition) is 3. The third-order valence-corrected chi connectivity index (χ3v) is 11.2. The average Bonchev–Trinajstić information content (AvgIpc) is 3.63. The zero-order valence-corrected chi connectivity index (χ0v) is 32.9. The summed E-state index contributed by atoms with van der Waals surface area (Å²) in [5.74, 6) is -0.389. The Hall–Kier alpha value is -6.51. The molecule has 58 heavy (non-hydrogen) atoms. The van der Waals surface area contributed by atoms with Crippen LogP contribution >= 0.6 is 0 Å². The molecular weight excluding hydrogens is 779 g/mol. The largest absolute Gasteiger partial charge is 0.501 e. The molecule has 5 aromatic carbocycles. The topological polar surface area (TPSA) is 176 Å². The van der Waals surface area contributed by atoms with Gasteiger partial charge in [-0.25, -0.2) is 0 Å². The molecule has 0 spiro atoms. The molecule has 7 aromatic rings. The minimum atomic E-state index is -4.33. The van der Waals surface area contributed by atoms with Crippen molar-refractivity contribution < 1.29 is 39.9 Å². The van der Waals surface area contributed by atoms with Gasteiger partial charge in [-0.3, -0.25) is 13.9 Å². The molecule has 0 saturated carbocycles. The summed E-state index contributed by atoms with van der Waals surface area (Å²) < 4.78 is 76.6. The molecule has 0 bridgehead atoms. The number of nitrogens with zero attached hydrogens (tertiary/aromatic N) is 1. The minimum Gasteiger partial charge on any atom is -0.501 e. The van der Waals surface area contributed by atoms with Gasteiger partial charge in [0.1, 0.15) is 11.2 Å². The highest BCUT2D eigenvalue weighted by atomic mass is 32.2. The number of furan rings is 1. The summed E-state index contributed by atoms with van der Waals surface area (Å²) in [5, 5.41) is 12.0. The predicted octanol–water partition coefficient (Wildman–Crippen LogP) is 9.76. The van der Waals surface area contributed by atoms with E-state index in [0.29, 0.717) is 22.3 Å². The summed E-state index contributed by atoms with van der Waals surface area (Å²) in [6.07, 6.45) is 10.9. The minimum absolute atomic E-state index is 0.0596. The number of benzene rings is 5. The summed E-state index contributed by atoms with van der Waals surface area (Å²) >= 11 is 0. The Morgan fingerprint density at radius 1 is 0.552 bits per heavy atom. The van der Waals surface area contributed by atoms with E-state index in [1.165, 1.54) is 24.3 Å². The Labute approximate surface area is 334 Å². The van der Waals surface area contributed by atoms with Gasteiger partial charge in [-0.1, -0.05) is 66.8 Å². The Balaban J connectivity index is 1.19. The highest BCUT2D eigenvalue weighted by Gasteiger charge is 2.20. The van der Waals surface area contributed by atoms with Gasteiger partial charge in [0.2, 0.25) is 16.9 Å². The molecular formula is C45H37NO10S2. The number of aromatic hydroxyl groups is 1. The van der Waals surface area contributed by atoms with E-state index in [1.54, 1.807) is 60.7 Å². The van der Waals surface area contributed by atoms with E-state index in [4.69, 9.17) is 8.83 Å². The first-order valence-corrected chi connectivity index (χ1v) is 21.0. The molecule has 294 valence electrons. The molecule has 0 saturated heterocycles. The molecule has 11 nitrogen and oxygen atoms in total. The van der Waals surface area contributed by atoms with Crippen LogP contribution in [0.25, 0.3) is 69.9 Å². The number of anilines is 1. The van der Waals surface area contributed by atoms with Gasteiger partial charge in [-0.2, -0.15) is 16.8 Å². The zero-order chi connectivity index (χ0) is 41.2. The van der Waals surface area contributed by atoms with Gasteiger partial charge in [-0.15, -0.1) is 0 Å². The first kappa shape index (κ1) is 39.7. The number of fused-ring (bicyclic) bond motifs is 2. The van der Waals surface area contributed by atoms with E-state index >= 15 is 0 Å². The van der Waals surface area contributed by atoms with E-state index in [9.17, 15) is 35.8 Å². The van der Waals surface area contributed by atoms with Crippen LogP contribution in [0.1, 0.15) is 47.2 Å². The van der Waals surface area contributed by atoms with Gasteiger partial charge in [0.15, 0.2) is 5.76 Å². The molecule has 7 rings (SSSR count). The standard InChI is InChI=1S/C45H37NO10S2/c1-3-46(4-2)36-17-16-35-27-42(55-41(35)28-36)45-44(48)43(47)39-26-31(15-22-40(39)56-45)7-10-34-24-32(8-5-29-11-18-37(19-12-29)57(49,50)51)23-33(25-34)9-6-30-13-20-38(21-14-30)58(52,53)54/h5-28,48H,3-4H2,1-2H3,(H,49,50,51)(H,52,53,54)/b8-5+,9-6+,10-7+. The van der Waals surface area contributed by atoms with Crippen LogP contribution in [-0.4, -0.2) is 44.1 Å². The van der Waals surface area contributed by atoms with Crippen LogP contribution in [0.15, 0.2) is 133 Å².